The molecule has 2 aromatic carbocycles. The molecule has 2 N–H and O–H groups in total. The van der Waals surface area contributed by atoms with Crippen molar-refractivity contribution in [2.45, 2.75) is 13.5 Å². The normalized spacial score (nSPS) is 10.2. The van der Waals surface area contributed by atoms with Gasteiger partial charge in [0.2, 0.25) is 5.95 Å². The molecule has 0 aliphatic rings. The Hall–Kier alpha value is -3.61. The zero-order valence-corrected chi connectivity index (χ0v) is 16.0. The highest BCUT2D eigenvalue weighted by Crippen LogP contribution is 2.25. The average molecular weight is 378 g/mol. The van der Waals surface area contributed by atoms with Crippen molar-refractivity contribution in [3.8, 4) is 11.5 Å². The summed E-state index contributed by atoms with van der Waals surface area (Å²) < 4.78 is 10.4. The Morgan fingerprint density at radius 1 is 1.04 bits per heavy atom. The van der Waals surface area contributed by atoms with Crippen LogP contribution in [-0.2, 0) is 6.54 Å². The van der Waals surface area contributed by atoms with Crippen LogP contribution in [0.3, 0.4) is 0 Å². The van der Waals surface area contributed by atoms with Gasteiger partial charge in [-0.15, -0.1) is 0 Å². The molecule has 1 aromatic heterocycles. The molecule has 0 fully saturated rings. The SMILES string of the molecule is COc1ccc(CNc2nccc(C(=O)Nc3cc(C)ccc3OC)n2)cc1. The Kier molecular flexibility index (Phi) is 6.06. The highest BCUT2D eigenvalue weighted by Gasteiger charge is 2.12. The Labute approximate surface area is 163 Å². The van der Waals surface area contributed by atoms with E-state index in [2.05, 4.69) is 20.6 Å². The fraction of sp³-hybridized carbons (Fsp3) is 0.190. The number of aryl methyl sites for hydroxylation is 1. The molecular weight excluding hydrogens is 356 g/mol. The average Bonchev–Trinajstić information content (AvgIpc) is 2.73. The van der Waals surface area contributed by atoms with Crippen molar-refractivity contribution in [3.63, 3.8) is 0 Å². The van der Waals surface area contributed by atoms with E-state index in [1.807, 2.05) is 49.4 Å². The minimum absolute atomic E-state index is 0.260. The Balaban J connectivity index is 1.68. The van der Waals surface area contributed by atoms with Gasteiger partial charge in [-0.1, -0.05) is 18.2 Å². The van der Waals surface area contributed by atoms with E-state index in [0.717, 1.165) is 16.9 Å². The molecule has 0 aliphatic heterocycles. The summed E-state index contributed by atoms with van der Waals surface area (Å²) in [6.45, 7) is 2.47. The number of ether oxygens (including phenoxy) is 2. The fourth-order valence-electron chi connectivity index (χ4n) is 2.60. The van der Waals surface area contributed by atoms with Crippen molar-refractivity contribution in [2.24, 2.45) is 0 Å². The first-order chi connectivity index (χ1) is 13.6. The number of carbonyl (C=O) groups excluding carboxylic acids is 1. The molecule has 0 aliphatic carbocycles. The highest BCUT2D eigenvalue weighted by atomic mass is 16.5. The fourth-order valence-corrected chi connectivity index (χ4v) is 2.60. The van der Waals surface area contributed by atoms with Crippen LogP contribution in [0.2, 0.25) is 0 Å². The van der Waals surface area contributed by atoms with Crippen molar-refractivity contribution in [2.75, 3.05) is 24.9 Å². The molecule has 144 valence electrons. The van der Waals surface area contributed by atoms with E-state index in [-0.39, 0.29) is 11.6 Å². The molecule has 1 amide bonds. The van der Waals surface area contributed by atoms with Gasteiger partial charge in [0.15, 0.2) is 0 Å². The van der Waals surface area contributed by atoms with E-state index in [0.29, 0.717) is 23.9 Å². The first-order valence-electron chi connectivity index (χ1n) is 8.75. The third-order valence-electron chi connectivity index (χ3n) is 4.10. The van der Waals surface area contributed by atoms with Gasteiger partial charge in [0.25, 0.3) is 5.91 Å². The summed E-state index contributed by atoms with van der Waals surface area (Å²) in [5.74, 6) is 1.43. The van der Waals surface area contributed by atoms with Crippen LogP contribution >= 0.6 is 0 Å². The highest BCUT2D eigenvalue weighted by molar-refractivity contribution is 6.03. The van der Waals surface area contributed by atoms with Gasteiger partial charge < -0.3 is 20.1 Å². The largest absolute Gasteiger partial charge is 0.497 e. The first kappa shape index (κ1) is 19.2. The second-order valence-corrected chi connectivity index (χ2v) is 6.12. The minimum atomic E-state index is -0.334. The summed E-state index contributed by atoms with van der Waals surface area (Å²) in [6, 6.07) is 14.8. The molecule has 28 heavy (non-hydrogen) atoms. The molecule has 0 bridgehead atoms. The number of benzene rings is 2. The monoisotopic (exact) mass is 378 g/mol. The van der Waals surface area contributed by atoms with Crippen LogP contribution in [0.25, 0.3) is 0 Å². The van der Waals surface area contributed by atoms with Crippen LogP contribution in [0.5, 0.6) is 11.5 Å². The summed E-state index contributed by atoms with van der Waals surface area (Å²) in [6.07, 6.45) is 1.55. The lowest BCUT2D eigenvalue weighted by Gasteiger charge is -2.11. The number of rotatable bonds is 7. The maximum absolute atomic E-state index is 12.6. The molecule has 0 radical (unpaired) electrons. The van der Waals surface area contributed by atoms with Gasteiger partial charge in [-0.05, 0) is 48.4 Å². The molecule has 3 rings (SSSR count). The molecule has 0 atom stereocenters. The third-order valence-corrected chi connectivity index (χ3v) is 4.10. The molecule has 0 unspecified atom stereocenters. The number of carbonyl (C=O) groups is 1. The van der Waals surface area contributed by atoms with Crippen LogP contribution in [0.4, 0.5) is 11.6 Å². The lowest BCUT2D eigenvalue weighted by molar-refractivity contribution is 0.102. The number of anilines is 2. The zero-order valence-electron chi connectivity index (χ0n) is 16.0. The predicted molar refractivity (Wildman–Crippen MR) is 108 cm³/mol. The van der Waals surface area contributed by atoms with Crippen LogP contribution < -0.4 is 20.1 Å². The smallest absolute Gasteiger partial charge is 0.274 e. The van der Waals surface area contributed by atoms with Gasteiger partial charge in [0.05, 0.1) is 19.9 Å². The Morgan fingerprint density at radius 3 is 2.54 bits per heavy atom. The third kappa shape index (κ3) is 4.76. The number of hydrogen-bond donors (Lipinski definition) is 2. The number of hydrogen-bond acceptors (Lipinski definition) is 6. The van der Waals surface area contributed by atoms with E-state index in [1.54, 1.807) is 26.5 Å². The number of aromatic nitrogens is 2. The van der Waals surface area contributed by atoms with E-state index >= 15 is 0 Å². The lowest BCUT2D eigenvalue weighted by atomic mass is 10.2. The van der Waals surface area contributed by atoms with Gasteiger partial charge >= 0.3 is 0 Å². The lowest BCUT2D eigenvalue weighted by Crippen LogP contribution is -2.16. The van der Waals surface area contributed by atoms with Gasteiger partial charge in [-0.2, -0.15) is 0 Å². The van der Waals surface area contributed by atoms with Crippen LogP contribution in [0, 0.1) is 6.92 Å². The van der Waals surface area contributed by atoms with Gasteiger partial charge in [0, 0.05) is 12.7 Å². The number of nitrogens with one attached hydrogen (secondary N) is 2. The van der Waals surface area contributed by atoms with Crippen LogP contribution in [0.1, 0.15) is 21.6 Å². The maximum Gasteiger partial charge on any atom is 0.274 e. The Morgan fingerprint density at radius 2 is 1.82 bits per heavy atom. The van der Waals surface area contributed by atoms with E-state index in [1.165, 1.54) is 0 Å². The molecule has 7 nitrogen and oxygen atoms in total. The van der Waals surface area contributed by atoms with Crippen LogP contribution in [-0.4, -0.2) is 30.1 Å². The predicted octanol–water partition coefficient (Wildman–Crippen LogP) is 3.67. The van der Waals surface area contributed by atoms with Gasteiger partial charge in [-0.3, -0.25) is 4.79 Å². The zero-order chi connectivity index (χ0) is 19.9. The first-order valence-corrected chi connectivity index (χ1v) is 8.75. The van der Waals surface area contributed by atoms with Gasteiger partial charge in [-0.25, -0.2) is 9.97 Å². The van der Waals surface area contributed by atoms with Crippen molar-refractivity contribution < 1.29 is 14.3 Å². The molecule has 0 spiro atoms. The van der Waals surface area contributed by atoms with Gasteiger partial charge in [0.1, 0.15) is 17.2 Å². The van der Waals surface area contributed by atoms with Crippen molar-refractivity contribution in [3.05, 3.63) is 71.5 Å². The number of methoxy groups -OCH3 is 2. The maximum atomic E-state index is 12.6. The molecule has 0 saturated heterocycles. The second-order valence-electron chi connectivity index (χ2n) is 6.12. The topological polar surface area (TPSA) is 85.4 Å². The molecule has 1 heterocycles. The molecule has 0 saturated carbocycles. The molecular formula is C21H22N4O3. The van der Waals surface area contributed by atoms with E-state index < -0.39 is 0 Å². The summed E-state index contributed by atoms with van der Waals surface area (Å²) in [5.41, 5.74) is 2.92. The molecule has 7 heteroatoms. The van der Waals surface area contributed by atoms with Crippen molar-refractivity contribution >= 4 is 17.5 Å². The van der Waals surface area contributed by atoms with E-state index in [4.69, 9.17) is 9.47 Å². The van der Waals surface area contributed by atoms with Crippen molar-refractivity contribution in [1.29, 1.82) is 0 Å². The summed E-state index contributed by atoms with van der Waals surface area (Å²) in [7, 11) is 3.19. The summed E-state index contributed by atoms with van der Waals surface area (Å²) in [4.78, 5) is 21.1. The quantitative estimate of drug-likeness (QED) is 0.653. The minimum Gasteiger partial charge on any atom is -0.497 e. The number of nitrogens with zero attached hydrogens (tertiary/aromatic N) is 2. The molecule has 3 aromatic rings. The number of amides is 1. The van der Waals surface area contributed by atoms with Crippen molar-refractivity contribution in [1.82, 2.24) is 9.97 Å². The summed E-state index contributed by atoms with van der Waals surface area (Å²) >= 11 is 0. The summed E-state index contributed by atoms with van der Waals surface area (Å²) in [5, 5.41) is 5.96. The van der Waals surface area contributed by atoms with E-state index in [9.17, 15) is 4.79 Å². The van der Waals surface area contributed by atoms with Crippen LogP contribution in [0.15, 0.2) is 54.7 Å². The standard InChI is InChI=1S/C21H22N4O3/c1-14-4-9-19(28-3)18(12-14)24-20(26)17-10-11-22-21(25-17)23-13-15-5-7-16(27-2)8-6-15/h4-12H,13H2,1-3H3,(H,24,26)(H,22,23,25). The second kappa shape index (κ2) is 8.85. The Bertz CT molecular complexity index is 958.